The lowest BCUT2D eigenvalue weighted by Gasteiger charge is -2.34. The van der Waals surface area contributed by atoms with E-state index in [0.29, 0.717) is 16.8 Å². The average molecular weight is 372 g/mol. The number of amides is 2. The van der Waals surface area contributed by atoms with Gasteiger partial charge in [0.05, 0.1) is 23.3 Å². The molecule has 2 aromatic carbocycles. The van der Waals surface area contributed by atoms with Crippen LogP contribution in [0.5, 0.6) is 0 Å². The maximum absolute atomic E-state index is 12.7. The van der Waals surface area contributed by atoms with Crippen LogP contribution in [-0.4, -0.2) is 11.6 Å². The second-order valence-corrected chi connectivity index (χ2v) is 7.45. The minimum Gasteiger partial charge on any atom is -0.332 e. The lowest BCUT2D eigenvalue weighted by Crippen LogP contribution is -2.51. The zero-order valence-electron chi connectivity index (χ0n) is 15.9. The van der Waals surface area contributed by atoms with E-state index in [1.807, 2.05) is 24.3 Å². The Morgan fingerprint density at radius 1 is 0.929 bits per heavy atom. The number of nitrogens with zero attached hydrogens (tertiary/aromatic N) is 2. The van der Waals surface area contributed by atoms with Crippen molar-refractivity contribution in [2.24, 2.45) is 0 Å². The van der Waals surface area contributed by atoms with Crippen LogP contribution in [-0.2, 0) is 6.42 Å². The van der Waals surface area contributed by atoms with Crippen molar-refractivity contribution < 1.29 is 4.79 Å². The quantitative estimate of drug-likeness (QED) is 0.749. The van der Waals surface area contributed by atoms with Crippen LogP contribution in [0.3, 0.4) is 0 Å². The van der Waals surface area contributed by atoms with Gasteiger partial charge in [0.25, 0.3) is 0 Å². The first-order valence-electron chi connectivity index (χ1n) is 9.71. The standard InChI is InChI=1S/C23H24N4O/c24-16-19-10-8-18(9-11-19)15-23(12-3-1-2-4-13-23)27-22(28)26-21-7-5-6-20(14-21)17-25/h5-11,14H,1-4,12-13,15H2,(H2,26,27,28). The number of nitrogens with one attached hydrogen (secondary N) is 2. The third kappa shape index (κ3) is 5.11. The molecular formula is C23H24N4O. The molecule has 142 valence electrons. The van der Waals surface area contributed by atoms with E-state index in [2.05, 4.69) is 22.8 Å². The smallest absolute Gasteiger partial charge is 0.319 e. The first-order chi connectivity index (χ1) is 13.6. The Labute approximate surface area is 166 Å². The number of urea groups is 1. The number of hydrogen-bond donors (Lipinski definition) is 2. The van der Waals surface area contributed by atoms with E-state index in [0.717, 1.165) is 37.7 Å². The third-order valence-electron chi connectivity index (χ3n) is 5.31. The largest absolute Gasteiger partial charge is 0.332 e. The van der Waals surface area contributed by atoms with Gasteiger partial charge in [-0.25, -0.2) is 4.79 Å². The SMILES string of the molecule is N#Cc1ccc(CC2(NC(=O)Nc3cccc(C#N)c3)CCCCCC2)cc1. The van der Waals surface area contributed by atoms with Crippen LogP contribution in [0.1, 0.15) is 55.2 Å². The lowest BCUT2D eigenvalue weighted by atomic mass is 9.83. The van der Waals surface area contributed by atoms with Crippen molar-refractivity contribution in [3.63, 3.8) is 0 Å². The van der Waals surface area contributed by atoms with E-state index >= 15 is 0 Å². The molecule has 0 bridgehead atoms. The summed E-state index contributed by atoms with van der Waals surface area (Å²) >= 11 is 0. The minimum absolute atomic E-state index is 0.245. The molecule has 0 atom stereocenters. The molecule has 2 amide bonds. The molecule has 0 aliphatic heterocycles. The number of rotatable bonds is 4. The number of benzene rings is 2. The molecule has 0 saturated heterocycles. The molecule has 3 rings (SSSR count). The van der Waals surface area contributed by atoms with E-state index in [1.54, 1.807) is 24.3 Å². The fourth-order valence-electron chi connectivity index (χ4n) is 3.91. The first kappa shape index (κ1) is 19.5. The minimum atomic E-state index is -0.304. The summed E-state index contributed by atoms with van der Waals surface area (Å²) in [5, 5.41) is 24.1. The second-order valence-electron chi connectivity index (χ2n) is 7.45. The Kier molecular flexibility index (Phi) is 6.29. The Balaban J connectivity index is 1.75. The van der Waals surface area contributed by atoms with E-state index < -0.39 is 0 Å². The maximum Gasteiger partial charge on any atom is 0.319 e. The fraction of sp³-hybridized carbons (Fsp3) is 0.348. The molecule has 5 nitrogen and oxygen atoms in total. The van der Waals surface area contributed by atoms with Gasteiger partial charge in [-0.1, -0.05) is 43.9 Å². The fourth-order valence-corrected chi connectivity index (χ4v) is 3.91. The zero-order chi connectivity index (χ0) is 19.8. The maximum atomic E-state index is 12.7. The topological polar surface area (TPSA) is 88.7 Å². The van der Waals surface area contributed by atoms with E-state index in [9.17, 15) is 4.79 Å². The molecular weight excluding hydrogens is 348 g/mol. The summed E-state index contributed by atoms with van der Waals surface area (Å²) in [6, 6.07) is 18.5. The molecule has 2 N–H and O–H groups in total. The highest BCUT2D eigenvalue weighted by atomic mass is 16.2. The van der Waals surface area contributed by atoms with Crippen LogP contribution in [0.2, 0.25) is 0 Å². The zero-order valence-corrected chi connectivity index (χ0v) is 15.9. The molecule has 0 aromatic heterocycles. The highest BCUT2D eigenvalue weighted by molar-refractivity contribution is 5.90. The monoisotopic (exact) mass is 372 g/mol. The van der Waals surface area contributed by atoms with Crippen molar-refractivity contribution in [1.82, 2.24) is 5.32 Å². The van der Waals surface area contributed by atoms with Gasteiger partial charge in [-0.15, -0.1) is 0 Å². The summed E-state index contributed by atoms with van der Waals surface area (Å²) < 4.78 is 0. The van der Waals surface area contributed by atoms with Crippen LogP contribution in [0.15, 0.2) is 48.5 Å². The summed E-state index contributed by atoms with van der Waals surface area (Å²) in [4.78, 5) is 12.7. The highest BCUT2D eigenvalue weighted by Crippen LogP contribution is 2.31. The molecule has 0 unspecified atom stereocenters. The Hall–Kier alpha value is -3.31. The van der Waals surface area contributed by atoms with E-state index in [-0.39, 0.29) is 11.6 Å². The van der Waals surface area contributed by atoms with Gasteiger partial charge in [-0.3, -0.25) is 0 Å². The summed E-state index contributed by atoms with van der Waals surface area (Å²) in [5.74, 6) is 0. The second kappa shape index (κ2) is 9.06. The number of carbonyl (C=O) groups is 1. The molecule has 0 heterocycles. The van der Waals surface area contributed by atoms with Crippen molar-refractivity contribution in [2.45, 2.75) is 50.5 Å². The number of nitriles is 2. The van der Waals surface area contributed by atoms with Crippen molar-refractivity contribution in [2.75, 3.05) is 5.32 Å². The van der Waals surface area contributed by atoms with Gasteiger partial charge in [0.15, 0.2) is 0 Å². The van der Waals surface area contributed by atoms with Gasteiger partial charge in [0, 0.05) is 11.2 Å². The molecule has 0 spiro atoms. The van der Waals surface area contributed by atoms with E-state index in [1.165, 1.54) is 12.8 Å². The third-order valence-corrected chi connectivity index (χ3v) is 5.31. The molecule has 1 aliphatic carbocycles. The first-order valence-corrected chi connectivity index (χ1v) is 9.71. The van der Waals surface area contributed by atoms with Crippen molar-refractivity contribution in [3.8, 4) is 12.1 Å². The average Bonchev–Trinajstić information content (AvgIpc) is 2.94. The van der Waals surface area contributed by atoms with Crippen LogP contribution in [0.4, 0.5) is 10.5 Å². The predicted molar refractivity (Wildman–Crippen MR) is 109 cm³/mol. The summed E-state index contributed by atoms with van der Waals surface area (Å²) in [5.41, 5.74) is 2.58. The van der Waals surface area contributed by atoms with Gasteiger partial charge in [0.1, 0.15) is 0 Å². The predicted octanol–water partition coefficient (Wildman–Crippen LogP) is 4.89. The molecule has 1 saturated carbocycles. The van der Waals surface area contributed by atoms with Crippen LogP contribution >= 0.6 is 0 Å². The number of hydrogen-bond acceptors (Lipinski definition) is 3. The number of anilines is 1. The lowest BCUT2D eigenvalue weighted by molar-refractivity contribution is 0.227. The molecule has 0 radical (unpaired) electrons. The van der Waals surface area contributed by atoms with Crippen molar-refractivity contribution >= 4 is 11.7 Å². The van der Waals surface area contributed by atoms with Gasteiger partial charge in [-0.2, -0.15) is 10.5 Å². The van der Waals surface area contributed by atoms with Crippen LogP contribution < -0.4 is 10.6 Å². The molecule has 2 aromatic rings. The van der Waals surface area contributed by atoms with Gasteiger partial charge >= 0.3 is 6.03 Å². The van der Waals surface area contributed by atoms with Gasteiger partial charge in [-0.05, 0) is 55.2 Å². The number of carbonyl (C=O) groups excluding carboxylic acids is 1. The van der Waals surface area contributed by atoms with Crippen LogP contribution in [0.25, 0.3) is 0 Å². The Bertz CT molecular complexity index is 897. The van der Waals surface area contributed by atoms with Crippen LogP contribution in [0, 0.1) is 22.7 Å². The Morgan fingerprint density at radius 3 is 2.25 bits per heavy atom. The summed E-state index contributed by atoms with van der Waals surface area (Å²) in [6.45, 7) is 0. The summed E-state index contributed by atoms with van der Waals surface area (Å²) in [6.07, 6.45) is 7.13. The Morgan fingerprint density at radius 2 is 1.61 bits per heavy atom. The normalized spacial score (nSPS) is 15.5. The van der Waals surface area contributed by atoms with Crippen molar-refractivity contribution in [1.29, 1.82) is 10.5 Å². The summed E-state index contributed by atoms with van der Waals surface area (Å²) in [7, 11) is 0. The van der Waals surface area contributed by atoms with Gasteiger partial charge in [0.2, 0.25) is 0 Å². The molecule has 1 fully saturated rings. The highest BCUT2D eigenvalue weighted by Gasteiger charge is 2.32. The van der Waals surface area contributed by atoms with E-state index in [4.69, 9.17) is 10.5 Å². The molecule has 28 heavy (non-hydrogen) atoms. The molecule has 1 aliphatic rings. The van der Waals surface area contributed by atoms with Gasteiger partial charge < -0.3 is 10.6 Å². The van der Waals surface area contributed by atoms with Crippen molar-refractivity contribution in [3.05, 3.63) is 65.2 Å². The molecule has 5 heteroatoms.